The third-order valence-corrected chi connectivity index (χ3v) is 7.14. The predicted octanol–water partition coefficient (Wildman–Crippen LogP) is 8.67. The average molecular weight is 451 g/mol. The van der Waals surface area contributed by atoms with Gasteiger partial charge in [-0.3, -0.25) is 0 Å². The fourth-order valence-electron chi connectivity index (χ4n) is 4.61. The minimum atomic E-state index is 0.0444. The first-order valence-corrected chi connectivity index (χ1v) is 12.5. The summed E-state index contributed by atoms with van der Waals surface area (Å²) in [6, 6.07) is 22.2. The lowest BCUT2D eigenvalue weighted by Gasteiger charge is -2.22. The quantitative estimate of drug-likeness (QED) is 0.274. The maximum absolute atomic E-state index is 4.67. The summed E-state index contributed by atoms with van der Waals surface area (Å²) >= 11 is 1.80. The Morgan fingerprint density at radius 3 is 2.42 bits per heavy atom. The van der Waals surface area contributed by atoms with Gasteiger partial charge in [-0.1, -0.05) is 71.0 Å². The molecule has 0 atom stereocenters. The number of hydrogen-bond acceptors (Lipinski definition) is 3. The van der Waals surface area contributed by atoms with Crippen molar-refractivity contribution in [2.24, 2.45) is 5.92 Å². The van der Waals surface area contributed by atoms with Gasteiger partial charge in [-0.15, -0.1) is 11.3 Å². The van der Waals surface area contributed by atoms with Crippen LogP contribution in [-0.2, 0) is 11.8 Å². The standard InChI is InChI=1S/C30H30N2S/c1-19(2)12-20-10-11-24-25(17-33-29(24)13-20)28-16-27(31-18-32-28)22-14-21-8-6-7-9-23(21)26(15-22)30(3,4)5/h6-11,13-19H,12H2,1-5H3. The molecule has 0 bridgehead atoms. The SMILES string of the molecule is CC(C)Cc1ccc2c(-c3cc(-c4cc(C(C)(C)C)c5ccccc5c4)ncn3)csc2c1. The van der Waals surface area contributed by atoms with Crippen molar-refractivity contribution >= 4 is 32.2 Å². The lowest BCUT2D eigenvalue weighted by molar-refractivity contribution is 0.596. The Bertz CT molecular complexity index is 1450. The second kappa shape index (κ2) is 8.39. The lowest BCUT2D eigenvalue weighted by atomic mass is 9.82. The van der Waals surface area contributed by atoms with Gasteiger partial charge >= 0.3 is 0 Å². The molecule has 0 unspecified atom stereocenters. The highest BCUT2D eigenvalue weighted by Gasteiger charge is 2.19. The molecule has 0 aliphatic rings. The number of rotatable bonds is 4. The molecule has 166 valence electrons. The smallest absolute Gasteiger partial charge is 0.116 e. The van der Waals surface area contributed by atoms with Gasteiger partial charge in [0.1, 0.15) is 6.33 Å². The molecular weight excluding hydrogens is 420 g/mol. The van der Waals surface area contributed by atoms with E-state index in [0.717, 1.165) is 23.4 Å². The van der Waals surface area contributed by atoms with E-state index in [1.165, 1.54) is 37.5 Å². The van der Waals surface area contributed by atoms with E-state index in [0.29, 0.717) is 5.92 Å². The van der Waals surface area contributed by atoms with E-state index < -0.39 is 0 Å². The van der Waals surface area contributed by atoms with Gasteiger partial charge in [0.05, 0.1) is 11.4 Å². The van der Waals surface area contributed by atoms with E-state index >= 15 is 0 Å². The van der Waals surface area contributed by atoms with Crippen LogP contribution in [0.5, 0.6) is 0 Å². The molecule has 5 aromatic rings. The van der Waals surface area contributed by atoms with Crippen LogP contribution in [-0.4, -0.2) is 9.97 Å². The van der Waals surface area contributed by atoms with E-state index in [2.05, 4.69) is 111 Å². The molecule has 5 rings (SSSR count). The van der Waals surface area contributed by atoms with Crippen molar-refractivity contribution in [2.45, 2.75) is 46.5 Å². The van der Waals surface area contributed by atoms with E-state index in [1.807, 2.05) is 0 Å². The molecule has 0 N–H and O–H groups in total. The van der Waals surface area contributed by atoms with Crippen molar-refractivity contribution in [3.63, 3.8) is 0 Å². The van der Waals surface area contributed by atoms with Gasteiger partial charge in [0, 0.05) is 26.6 Å². The van der Waals surface area contributed by atoms with Crippen molar-refractivity contribution in [1.29, 1.82) is 0 Å². The number of fused-ring (bicyclic) bond motifs is 2. The van der Waals surface area contributed by atoms with E-state index in [9.17, 15) is 0 Å². The Morgan fingerprint density at radius 1 is 0.848 bits per heavy atom. The van der Waals surface area contributed by atoms with E-state index in [1.54, 1.807) is 17.7 Å². The van der Waals surface area contributed by atoms with Gasteiger partial charge in [-0.25, -0.2) is 9.97 Å². The Labute approximate surface area is 200 Å². The average Bonchev–Trinajstić information content (AvgIpc) is 3.20. The van der Waals surface area contributed by atoms with Gasteiger partial charge in [-0.05, 0) is 63.9 Å². The van der Waals surface area contributed by atoms with E-state index in [-0.39, 0.29) is 5.41 Å². The summed E-state index contributed by atoms with van der Waals surface area (Å²) in [7, 11) is 0. The van der Waals surface area contributed by atoms with Crippen LogP contribution in [0.15, 0.2) is 72.4 Å². The highest BCUT2D eigenvalue weighted by molar-refractivity contribution is 7.17. The second-order valence-corrected chi connectivity index (χ2v) is 11.3. The summed E-state index contributed by atoms with van der Waals surface area (Å²) in [5.74, 6) is 0.659. The maximum Gasteiger partial charge on any atom is 0.116 e. The second-order valence-electron chi connectivity index (χ2n) is 10.4. The van der Waals surface area contributed by atoms with Crippen molar-refractivity contribution in [2.75, 3.05) is 0 Å². The summed E-state index contributed by atoms with van der Waals surface area (Å²) in [5, 5.41) is 6.06. The largest absolute Gasteiger partial charge is 0.236 e. The monoisotopic (exact) mass is 450 g/mol. The normalized spacial score (nSPS) is 12.2. The van der Waals surface area contributed by atoms with Gasteiger partial charge in [0.25, 0.3) is 0 Å². The molecule has 0 aliphatic heterocycles. The lowest BCUT2D eigenvalue weighted by Crippen LogP contribution is -2.12. The van der Waals surface area contributed by atoms with Gasteiger partial charge in [0.2, 0.25) is 0 Å². The molecule has 2 aromatic heterocycles. The Balaban J connectivity index is 1.60. The minimum absolute atomic E-state index is 0.0444. The fraction of sp³-hybridized carbons (Fsp3) is 0.267. The van der Waals surface area contributed by atoms with Gasteiger partial charge in [-0.2, -0.15) is 0 Å². The Hall–Kier alpha value is -3.04. The van der Waals surface area contributed by atoms with Crippen LogP contribution < -0.4 is 0 Å². The zero-order chi connectivity index (χ0) is 23.2. The highest BCUT2D eigenvalue weighted by Crippen LogP contribution is 2.37. The molecule has 0 aliphatic carbocycles. The summed E-state index contributed by atoms with van der Waals surface area (Å²) in [6.07, 6.45) is 2.81. The molecule has 0 fully saturated rings. The molecule has 0 saturated carbocycles. The zero-order valence-electron chi connectivity index (χ0n) is 20.0. The Kier molecular flexibility index (Phi) is 5.54. The summed E-state index contributed by atoms with van der Waals surface area (Å²) < 4.78 is 1.32. The van der Waals surface area contributed by atoms with E-state index in [4.69, 9.17) is 0 Å². The molecule has 3 heteroatoms. The predicted molar refractivity (Wildman–Crippen MR) is 143 cm³/mol. The van der Waals surface area contributed by atoms with Gasteiger partial charge < -0.3 is 0 Å². The zero-order valence-corrected chi connectivity index (χ0v) is 20.8. The third-order valence-electron chi connectivity index (χ3n) is 6.19. The highest BCUT2D eigenvalue weighted by atomic mass is 32.1. The summed E-state index contributed by atoms with van der Waals surface area (Å²) in [6.45, 7) is 11.4. The molecule has 0 spiro atoms. The first-order valence-electron chi connectivity index (χ1n) is 11.7. The molecule has 0 amide bonds. The number of nitrogens with zero attached hydrogens (tertiary/aromatic N) is 2. The topological polar surface area (TPSA) is 25.8 Å². The van der Waals surface area contributed by atoms with Crippen LogP contribution in [0.1, 0.15) is 45.7 Å². The molecule has 0 saturated heterocycles. The molecule has 2 heterocycles. The number of benzene rings is 3. The first-order chi connectivity index (χ1) is 15.8. The fourth-order valence-corrected chi connectivity index (χ4v) is 5.63. The van der Waals surface area contributed by atoms with Crippen LogP contribution in [0.4, 0.5) is 0 Å². The van der Waals surface area contributed by atoms with Crippen LogP contribution in [0.25, 0.3) is 43.4 Å². The van der Waals surface area contributed by atoms with Crippen molar-refractivity contribution in [3.8, 4) is 22.5 Å². The molecule has 0 radical (unpaired) electrons. The Morgan fingerprint density at radius 2 is 1.64 bits per heavy atom. The van der Waals surface area contributed by atoms with Crippen LogP contribution in [0.2, 0.25) is 0 Å². The molecule has 2 nitrogen and oxygen atoms in total. The number of thiophene rings is 1. The molecule has 33 heavy (non-hydrogen) atoms. The van der Waals surface area contributed by atoms with Crippen molar-refractivity contribution < 1.29 is 0 Å². The summed E-state index contributed by atoms with van der Waals surface area (Å²) in [4.78, 5) is 9.33. The number of aromatic nitrogens is 2. The minimum Gasteiger partial charge on any atom is -0.236 e. The van der Waals surface area contributed by atoms with Crippen LogP contribution in [0.3, 0.4) is 0 Å². The molecule has 3 aromatic carbocycles. The third kappa shape index (κ3) is 4.30. The molecular formula is C30H30N2S. The van der Waals surface area contributed by atoms with Gasteiger partial charge in [0.15, 0.2) is 0 Å². The van der Waals surface area contributed by atoms with Crippen LogP contribution in [0, 0.1) is 5.92 Å². The maximum atomic E-state index is 4.67. The summed E-state index contributed by atoms with van der Waals surface area (Å²) in [5.41, 5.74) is 7.06. The number of hydrogen-bond donors (Lipinski definition) is 0. The van der Waals surface area contributed by atoms with Crippen molar-refractivity contribution in [1.82, 2.24) is 9.97 Å². The first kappa shape index (κ1) is 21.8. The van der Waals surface area contributed by atoms with Crippen molar-refractivity contribution in [3.05, 3.63) is 83.5 Å². The van der Waals surface area contributed by atoms with Crippen LogP contribution >= 0.6 is 11.3 Å².